The van der Waals surface area contributed by atoms with Crippen molar-refractivity contribution in [3.05, 3.63) is 52.3 Å². The highest BCUT2D eigenvalue weighted by molar-refractivity contribution is 6.30. The number of carbonyl (C=O) groups is 2. The summed E-state index contributed by atoms with van der Waals surface area (Å²) in [6.45, 7) is 0.428. The highest BCUT2D eigenvalue weighted by Crippen LogP contribution is 2.40. The van der Waals surface area contributed by atoms with Crippen LogP contribution in [-0.4, -0.2) is 49.6 Å². The van der Waals surface area contributed by atoms with E-state index in [0.717, 1.165) is 11.1 Å². The number of amides is 1. The van der Waals surface area contributed by atoms with Crippen molar-refractivity contribution in [2.75, 3.05) is 27.9 Å². The summed E-state index contributed by atoms with van der Waals surface area (Å²) in [5.74, 6) is 0.432. The first kappa shape index (κ1) is 19.9. The highest BCUT2D eigenvalue weighted by Gasteiger charge is 2.35. The maximum absolute atomic E-state index is 13.1. The Bertz CT molecular complexity index is 902. The van der Waals surface area contributed by atoms with E-state index >= 15 is 0 Å². The van der Waals surface area contributed by atoms with Crippen LogP contribution in [0.15, 0.2) is 30.5 Å². The van der Waals surface area contributed by atoms with Crippen LogP contribution in [-0.2, 0) is 16.0 Å². The van der Waals surface area contributed by atoms with E-state index in [-0.39, 0.29) is 18.0 Å². The molecule has 1 aliphatic heterocycles. The third-order valence-electron chi connectivity index (χ3n) is 4.79. The Labute approximate surface area is 168 Å². The second-order valence-corrected chi connectivity index (χ2v) is 6.75. The molecule has 8 heteroatoms. The minimum atomic E-state index is -0.510. The number of esters is 1. The topological polar surface area (TPSA) is 78.0 Å². The molecule has 0 N–H and O–H groups in total. The number of carbonyl (C=O) groups excluding carboxylic acids is 2. The molecule has 1 atom stereocenters. The Kier molecular flexibility index (Phi) is 6.04. The lowest BCUT2D eigenvalue weighted by Gasteiger charge is -2.37. The molecule has 1 aromatic carbocycles. The van der Waals surface area contributed by atoms with Crippen molar-refractivity contribution in [2.45, 2.75) is 18.9 Å². The number of methoxy groups -OCH3 is 3. The standard InChI is InChI=1S/C20H21ClN2O5/c1-26-17-8-12-5-7-23(20(25)15-9-13(21)4-6-22-15)16(11-19(24)28-3)14(12)10-18(17)27-2/h4,6,8-10,16H,5,7,11H2,1-3H3/t16-/m0/s1. The average molecular weight is 405 g/mol. The van der Waals surface area contributed by atoms with E-state index in [4.69, 9.17) is 25.8 Å². The average Bonchev–Trinajstić information content (AvgIpc) is 2.72. The third-order valence-corrected chi connectivity index (χ3v) is 5.03. The molecule has 7 nitrogen and oxygen atoms in total. The zero-order chi connectivity index (χ0) is 20.3. The summed E-state index contributed by atoms with van der Waals surface area (Å²) in [6, 6.07) is 6.31. The van der Waals surface area contributed by atoms with Gasteiger partial charge in [0.1, 0.15) is 5.69 Å². The number of ether oxygens (including phenoxy) is 3. The van der Waals surface area contributed by atoms with Gasteiger partial charge < -0.3 is 19.1 Å². The molecule has 148 valence electrons. The number of rotatable bonds is 5. The molecule has 3 rings (SSSR count). The minimum absolute atomic E-state index is 0.0191. The van der Waals surface area contributed by atoms with E-state index in [9.17, 15) is 9.59 Å². The summed E-state index contributed by atoms with van der Waals surface area (Å²) in [5.41, 5.74) is 2.05. The highest BCUT2D eigenvalue weighted by atomic mass is 35.5. The zero-order valence-electron chi connectivity index (χ0n) is 15.9. The Balaban J connectivity index is 2.04. The number of pyridine rings is 1. The van der Waals surface area contributed by atoms with Gasteiger partial charge in [-0.15, -0.1) is 0 Å². The van der Waals surface area contributed by atoms with Gasteiger partial charge in [0, 0.05) is 17.8 Å². The number of fused-ring (bicyclic) bond motifs is 1. The molecular weight excluding hydrogens is 384 g/mol. The van der Waals surface area contributed by atoms with Gasteiger partial charge >= 0.3 is 5.97 Å². The van der Waals surface area contributed by atoms with E-state index in [1.165, 1.54) is 19.4 Å². The summed E-state index contributed by atoms with van der Waals surface area (Å²) in [4.78, 5) is 30.9. The second-order valence-electron chi connectivity index (χ2n) is 6.31. The van der Waals surface area contributed by atoms with Crippen molar-refractivity contribution in [3.8, 4) is 11.5 Å². The van der Waals surface area contributed by atoms with Crippen LogP contribution in [0.4, 0.5) is 0 Å². The van der Waals surface area contributed by atoms with E-state index < -0.39 is 12.0 Å². The Morgan fingerprint density at radius 3 is 2.54 bits per heavy atom. The molecule has 1 aliphatic rings. The largest absolute Gasteiger partial charge is 0.493 e. The number of nitrogens with zero attached hydrogens (tertiary/aromatic N) is 2. The van der Waals surface area contributed by atoms with Crippen molar-refractivity contribution in [3.63, 3.8) is 0 Å². The van der Waals surface area contributed by atoms with Crippen molar-refractivity contribution in [2.24, 2.45) is 0 Å². The van der Waals surface area contributed by atoms with Crippen LogP contribution in [0.5, 0.6) is 11.5 Å². The number of hydrogen-bond acceptors (Lipinski definition) is 6. The zero-order valence-corrected chi connectivity index (χ0v) is 16.7. The first-order chi connectivity index (χ1) is 13.5. The maximum Gasteiger partial charge on any atom is 0.307 e. The smallest absolute Gasteiger partial charge is 0.307 e. The SMILES string of the molecule is COC(=O)C[C@H]1c2cc(OC)c(OC)cc2CCN1C(=O)c1cc(Cl)ccn1. The predicted octanol–water partition coefficient (Wildman–Crippen LogP) is 3.05. The van der Waals surface area contributed by atoms with Crippen LogP contribution in [0.1, 0.15) is 34.1 Å². The molecule has 0 fully saturated rings. The summed E-state index contributed by atoms with van der Waals surface area (Å²) < 4.78 is 15.6. The summed E-state index contributed by atoms with van der Waals surface area (Å²) in [6.07, 6.45) is 2.11. The summed E-state index contributed by atoms with van der Waals surface area (Å²) in [5, 5.41) is 0.423. The van der Waals surface area contributed by atoms with Crippen LogP contribution in [0.3, 0.4) is 0 Å². The fourth-order valence-electron chi connectivity index (χ4n) is 3.40. The molecule has 0 aliphatic carbocycles. The van der Waals surface area contributed by atoms with Crippen LogP contribution in [0.25, 0.3) is 0 Å². The third kappa shape index (κ3) is 3.89. The molecule has 0 radical (unpaired) electrons. The Morgan fingerprint density at radius 2 is 1.89 bits per heavy atom. The maximum atomic E-state index is 13.1. The monoisotopic (exact) mass is 404 g/mol. The molecule has 0 spiro atoms. The number of hydrogen-bond donors (Lipinski definition) is 0. The van der Waals surface area contributed by atoms with Gasteiger partial charge in [-0.3, -0.25) is 14.6 Å². The number of benzene rings is 1. The van der Waals surface area contributed by atoms with Crippen LogP contribution in [0.2, 0.25) is 5.02 Å². The van der Waals surface area contributed by atoms with Crippen molar-refractivity contribution in [1.29, 1.82) is 0 Å². The molecule has 2 aromatic rings. The first-order valence-electron chi connectivity index (χ1n) is 8.72. The van der Waals surface area contributed by atoms with Crippen molar-refractivity contribution >= 4 is 23.5 Å². The molecule has 0 unspecified atom stereocenters. The first-order valence-corrected chi connectivity index (χ1v) is 9.10. The van der Waals surface area contributed by atoms with Gasteiger partial charge in [0.05, 0.1) is 33.8 Å². The minimum Gasteiger partial charge on any atom is -0.493 e. The lowest BCUT2D eigenvalue weighted by Crippen LogP contribution is -2.41. The lowest BCUT2D eigenvalue weighted by atomic mass is 9.89. The summed E-state index contributed by atoms with van der Waals surface area (Å²) in [7, 11) is 4.44. The van der Waals surface area contributed by atoms with Gasteiger partial charge in [0.2, 0.25) is 0 Å². The van der Waals surface area contributed by atoms with Gasteiger partial charge in [0.25, 0.3) is 5.91 Å². The Morgan fingerprint density at radius 1 is 1.18 bits per heavy atom. The Hall–Kier alpha value is -2.80. The lowest BCUT2D eigenvalue weighted by molar-refractivity contribution is -0.141. The fraction of sp³-hybridized carbons (Fsp3) is 0.350. The van der Waals surface area contributed by atoms with Gasteiger partial charge in [-0.25, -0.2) is 0 Å². The molecule has 1 amide bonds. The molecule has 0 saturated heterocycles. The van der Waals surface area contributed by atoms with Crippen molar-refractivity contribution in [1.82, 2.24) is 9.88 Å². The van der Waals surface area contributed by atoms with E-state index in [0.29, 0.717) is 29.5 Å². The summed E-state index contributed by atoms with van der Waals surface area (Å²) >= 11 is 6.01. The van der Waals surface area contributed by atoms with Crippen LogP contribution in [0, 0.1) is 0 Å². The van der Waals surface area contributed by atoms with Crippen molar-refractivity contribution < 1.29 is 23.8 Å². The number of halogens is 1. The normalized spacial score (nSPS) is 15.6. The van der Waals surface area contributed by atoms with Gasteiger partial charge in [-0.05, 0) is 41.8 Å². The fourth-order valence-corrected chi connectivity index (χ4v) is 3.56. The van der Waals surface area contributed by atoms with E-state index in [2.05, 4.69) is 4.98 Å². The molecule has 28 heavy (non-hydrogen) atoms. The van der Waals surface area contributed by atoms with E-state index in [1.54, 1.807) is 25.2 Å². The molecular formula is C20H21ClN2O5. The molecule has 1 aromatic heterocycles. The predicted molar refractivity (Wildman–Crippen MR) is 103 cm³/mol. The van der Waals surface area contributed by atoms with Gasteiger partial charge in [-0.1, -0.05) is 11.6 Å². The van der Waals surface area contributed by atoms with Gasteiger partial charge in [-0.2, -0.15) is 0 Å². The quantitative estimate of drug-likeness (QED) is 0.713. The van der Waals surface area contributed by atoms with Crippen LogP contribution < -0.4 is 9.47 Å². The van der Waals surface area contributed by atoms with Crippen LogP contribution >= 0.6 is 11.6 Å². The number of aromatic nitrogens is 1. The molecule has 0 bridgehead atoms. The van der Waals surface area contributed by atoms with E-state index in [1.807, 2.05) is 12.1 Å². The molecule has 2 heterocycles. The van der Waals surface area contributed by atoms with Gasteiger partial charge in [0.15, 0.2) is 11.5 Å². The molecule has 0 saturated carbocycles. The second kappa shape index (κ2) is 8.48.